The molecule has 0 bridgehead atoms. The van der Waals surface area contributed by atoms with Gasteiger partial charge in [0.15, 0.2) is 5.11 Å². The number of anilines is 1. The molecule has 1 aliphatic rings. The highest BCUT2D eigenvalue weighted by Gasteiger charge is 2.33. The summed E-state index contributed by atoms with van der Waals surface area (Å²) in [5, 5.41) is 18.5. The van der Waals surface area contributed by atoms with Crippen molar-refractivity contribution in [1.29, 1.82) is 0 Å². The van der Waals surface area contributed by atoms with Crippen molar-refractivity contribution in [3.8, 4) is 28.7 Å². The SMILES string of the molecule is COc1cccc(NC(=S)N2NC(c3c(O)cc(OC)cc3OC)=CC2c2ccc(OC)c3ccccc23)c1. The van der Waals surface area contributed by atoms with Gasteiger partial charge in [-0.2, -0.15) is 0 Å². The van der Waals surface area contributed by atoms with Crippen molar-refractivity contribution in [3.63, 3.8) is 0 Å². The Hall–Kier alpha value is -4.63. The summed E-state index contributed by atoms with van der Waals surface area (Å²) < 4.78 is 21.9. The van der Waals surface area contributed by atoms with Gasteiger partial charge in [-0.25, -0.2) is 0 Å². The van der Waals surface area contributed by atoms with Crippen LogP contribution in [-0.2, 0) is 0 Å². The Morgan fingerprint density at radius 3 is 2.28 bits per heavy atom. The molecule has 4 aromatic rings. The number of ether oxygens (including phenoxy) is 4. The van der Waals surface area contributed by atoms with Gasteiger partial charge in [0, 0.05) is 29.3 Å². The summed E-state index contributed by atoms with van der Waals surface area (Å²) in [4.78, 5) is 0. The van der Waals surface area contributed by atoms with Crippen LogP contribution in [0.1, 0.15) is 17.2 Å². The number of hydrogen-bond acceptors (Lipinski definition) is 7. The van der Waals surface area contributed by atoms with Gasteiger partial charge in [-0.3, -0.25) is 10.4 Å². The quantitative estimate of drug-likeness (QED) is 0.248. The van der Waals surface area contributed by atoms with Crippen LogP contribution in [0.5, 0.6) is 28.7 Å². The minimum absolute atomic E-state index is 0.0109. The number of nitrogens with one attached hydrogen (secondary N) is 2. The van der Waals surface area contributed by atoms with E-state index in [1.807, 2.05) is 65.7 Å². The molecule has 200 valence electrons. The summed E-state index contributed by atoms with van der Waals surface area (Å²) in [6, 6.07) is 22.5. The van der Waals surface area contributed by atoms with Crippen LogP contribution in [0.15, 0.2) is 78.9 Å². The smallest absolute Gasteiger partial charge is 0.193 e. The van der Waals surface area contributed by atoms with Crippen LogP contribution in [-0.4, -0.2) is 43.7 Å². The molecule has 0 radical (unpaired) electrons. The average molecular weight is 544 g/mol. The summed E-state index contributed by atoms with van der Waals surface area (Å²) in [6.07, 6.45) is 2.01. The number of hydrazine groups is 1. The number of methoxy groups -OCH3 is 4. The Morgan fingerprint density at radius 2 is 1.56 bits per heavy atom. The molecule has 4 aromatic carbocycles. The lowest BCUT2D eigenvalue weighted by Gasteiger charge is -2.29. The number of rotatable bonds is 7. The molecule has 0 spiro atoms. The molecule has 3 N–H and O–H groups in total. The lowest BCUT2D eigenvalue weighted by molar-refractivity contribution is 0.347. The maximum absolute atomic E-state index is 11.0. The second kappa shape index (κ2) is 11.0. The van der Waals surface area contributed by atoms with Crippen LogP contribution in [0.3, 0.4) is 0 Å². The van der Waals surface area contributed by atoms with Gasteiger partial charge in [-0.05, 0) is 47.4 Å². The number of phenols is 1. The number of benzene rings is 4. The van der Waals surface area contributed by atoms with Crippen molar-refractivity contribution in [2.75, 3.05) is 33.8 Å². The largest absolute Gasteiger partial charge is 0.507 e. The minimum atomic E-state index is -0.340. The molecule has 0 aromatic heterocycles. The number of fused-ring (bicyclic) bond motifs is 1. The Labute approximate surface area is 232 Å². The van der Waals surface area contributed by atoms with Gasteiger partial charge in [-0.15, -0.1) is 0 Å². The van der Waals surface area contributed by atoms with Crippen LogP contribution >= 0.6 is 12.2 Å². The highest BCUT2D eigenvalue weighted by atomic mass is 32.1. The monoisotopic (exact) mass is 543 g/mol. The van der Waals surface area contributed by atoms with Crippen LogP contribution in [0.2, 0.25) is 0 Å². The van der Waals surface area contributed by atoms with Crippen LogP contribution < -0.4 is 29.7 Å². The Kier molecular flexibility index (Phi) is 7.33. The van der Waals surface area contributed by atoms with Crippen molar-refractivity contribution < 1.29 is 24.1 Å². The zero-order valence-corrected chi connectivity index (χ0v) is 22.8. The van der Waals surface area contributed by atoms with Gasteiger partial charge >= 0.3 is 0 Å². The lowest BCUT2D eigenvalue weighted by atomic mass is 9.97. The summed E-state index contributed by atoms with van der Waals surface area (Å²) in [7, 11) is 6.37. The molecular formula is C30H29N3O5S. The number of phenolic OH excluding ortho intramolecular Hbond substituents is 1. The first-order valence-electron chi connectivity index (χ1n) is 12.2. The molecule has 1 aliphatic heterocycles. The molecule has 8 nitrogen and oxygen atoms in total. The van der Waals surface area contributed by atoms with Crippen molar-refractivity contribution in [3.05, 3.63) is 90.0 Å². The van der Waals surface area contributed by atoms with E-state index in [1.165, 1.54) is 7.11 Å². The van der Waals surface area contributed by atoms with E-state index in [-0.39, 0.29) is 11.8 Å². The van der Waals surface area contributed by atoms with E-state index in [9.17, 15) is 5.11 Å². The first-order chi connectivity index (χ1) is 19.0. The van der Waals surface area contributed by atoms with Gasteiger partial charge in [0.05, 0.1) is 45.7 Å². The maximum atomic E-state index is 11.0. The highest BCUT2D eigenvalue weighted by molar-refractivity contribution is 7.80. The first-order valence-corrected chi connectivity index (χ1v) is 12.6. The number of hydrogen-bond donors (Lipinski definition) is 3. The molecule has 5 rings (SSSR count). The van der Waals surface area contributed by atoms with E-state index in [0.717, 1.165) is 27.8 Å². The molecule has 0 amide bonds. The molecule has 0 fully saturated rings. The predicted molar refractivity (Wildman–Crippen MR) is 157 cm³/mol. The zero-order valence-electron chi connectivity index (χ0n) is 22.0. The van der Waals surface area contributed by atoms with Crippen molar-refractivity contribution in [2.24, 2.45) is 0 Å². The van der Waals surface area contributed by atoms with Gasteiger partial charge in [0.2, 0.25) is 0 Å². The molecule has 39 heavy (non-hydrogen) atoms. The van der Waals surface area contributed by atoms with Crippen LogP contribution in [0, 0.1) is 0 Å². The molecule has 0 saturated heterocycles. The Morgan fingerprint density at radius 1 is 0.821 bits per heavy atom. The predicted octanol–water partition coefficient (Wildman–Crippen LogP) is 5.88. The van der Waals surface area contributed by atoms with Gasteiger partial charge < -0.3 is 29.4 Å². The zero-order chi connectivity index (χ0) is 27.5. The maximum Gasteiger partial charge on any atom is 0.193 e. The average Bonchev–Trinajstić information content (AvgIpc) is 3.40. The topological polar surface area (TPSA) is 84.5 Å². The van der Waals surface area contributed by atoms with Gasteiger partial charge in [0.25, 0.3) is 0 Å². The molecule has 0 aliphatic carbocycles. The van der Waals surface area contributed by atoms with Crippen molar-refractivity contribution in [2.45, 2.75) is 6.04 Å². The van der Waals surface area contributed by atoms with E-state index >= 15 is 0 Å². The third-order valence-electron chi connectivity index (χ3n) is 6.62. The van der Waals surface area contributed by atoms with Crippen molar-refractivity contribution >= 4 is 39.5 Å². The Balaban J connectivity index is 1.62. The summed E-state index contributed by atoms with van der Waals surface area (Å²) in [5.41, 5.74) is 6.29. The van der Waals surface area contributed by atoms with E-state index in [1.54, 1.807) is 33.5 Å². The molecule has 1 heterocycles. The summed E-state index contributed by atoms with van der Waals surface area (Å²) >= 11 is 5.90. The third kappa shape index (κ3) is 4.96. The van der Waals surface area contributed by atoms with E-state index in [0.29, 0.717) is 33.6 Å². The van der Waals surface area contributed by atoms with Crippen LogP contribution in [0.4, 0.5) is 5.69 Å². The molecule has 9 heteroatoms. The van der Waals surface area contributed by atoms with Crippen molar-refractivity contribution in [1.82, 2.24) is 10.4 Å². The minimum Gasteiger partial charge on any atom is -0.507 e. The fraction of sp³-hybridized carbons (Fsp3) is 0.167. The second-order valence-corrected chi connectivity index (χ2v) is 9.18. The second-order valence-electron chi connectivity index (χ2n) is 8.80. The lowest BCUT2D eigenvalue weighted by Crippen LogP contribution is -2.42. The third-order valence-corrected chi connectivity index (χ3v) is 6.92. The van der Waals surface area contributed by atoms with Crippen LogP contribution in [0.25, 0.3) is 16.5 Å². The molecule has 1 atom stereocenters. The number of nitrogens with zero attached hydrogens (tertiary/aromatic N) is 1. The van der Waals surface area contributed by atoms with E-state index < -0.39 is 0 Å². The highest BCUT2D eigenvalue weighted by Crippen LogP contribution is 2.43. The van der Waals surface area contributed by atoms with E-state index in [2.05, 4.69) is 16.8 Å². The standard InChI is InChI=1S/C30H29N3O5S/c1-35-19-9-7-8-18(14-19)31-30(39)33-25(22-12-13-27(37-3)23-11-6-5-10-21(22)23)17-24(32-33)29-26(34)15-20(36-2)16-28(29)38-4/h5-17,25,32,34H,1-4H3,(H,31,39). The fourth-order valence-corrected chi connectivity index (χ4v) is 5.03. The van der Waals surface area contributed by atoms with Gasteiger partial charge in [-0.1, -0.05) is 36.4 Å². The molecular weight excluding hydrogens is 514 g/mol. The Bertz CT molecular complexity index is 1570. The number of aromatic hydroxyl groups is 1. The fourth-order valence-electron chi connectivity index (χ4n) is 4.76. The molecule has 1 unspecified atom stereocenters. The normalized spacial score (nSPS) is 14.4. The number of thiocarbonyl (C=S) groups is 1. The first kappa shape index (κ1) is 26.0. The van der Waals surface area contributed by atoms with Gasteiger partial charge in [0.1, 0.15) is 28.7 Å². The van der Waals surface area contributed by atoms with E-state index in [4.69, 9.17) is 31.2 Å². The summed E-state index contributed by atoms with van der Waals surface area (Å²) in [6.45, 7) is 0. The summed E-state index contributed by atoms with van der Waals surface area (Å²) in [5.74, 6) is 2.44. The molecule has 0 saturated carbocycles.